The third kappa shape index (κ3) is 3.10. The molecule has 2 N–H and O–H groups in total. The van der Waals surface area contributed by atoms with Gasteiger partial charge in [0.15, 0.2) is 0 Å². The molecule has 5 nitrogen and oxygen atoms in total. The third-order valence-electron chi connectivity index (χ3n) is 3.06. The molecule has 0 aliphatic carbocycles. The van der Waals surface area contributed by atoms with Gasteiger partial charge in [0.2, 0.25) is 0 Å². The molecule has 0 amide bonds. The van der Waals surface area contributed by atoms with Crippen molar-refractivity contribution in [2.75, 3.05) is 29.9 Å². The van der Waals surface area contributed by atoms with Gasteiger partial charge in [0.1, 0.15) is 17.5 Å². The first-order valence-corrected chi connectivity index (χ1v) is 6.66. The second kappa shape index (κ2) is 5.52. The van der Waals surface area contributed by atoms with Crippen molar-refractivity contribution < 1.29 is 0 Å². The molecular formula is C13H23N5. The molecule has 18 heavy (non-hydrogen) atoms. The molecule has 1 unspecified atom stereocenters. The van der Waals surface area contributed by atoms with Crippen molar-refractivity contribution in [3.63, 3.8) is 0 Å². The minimum absolute atomic E-state index is 0.382. The standard InChI is InChI=1S/C13H23N5/c1-9(2)15-12-7-13(17-11(4)16-12)18-6-5-14-8-10(18)3/h7,9-10,14H,5-6,8H2,1-4H3,(H,15,16,17). The Kier molecular flexibility index (Phi) is 4.01. The predicted octanol–water partition coefficient (Wildman–Crippen LogP) is 1.40. The van der Waals surface area contributed by atoms with E-state index in [1.54, 1.807) is 0 Å². The fourth-order valence-electron chi connectivity index (χ4n) is 2.25. The molecule has 1 aromatic heterocycles. The lowest BCUT2D eigenvalue weighted by Crippen LogP contribution is -2.50. The van der Waals surface area contributed by atoms with Crippen LogP contribution in [0.4, 0.5) is 11.6 Å². The number of rotatable bonds is 3. The monoisotopic (exact) mass is 249 g/mol. The number of nitrogens with one attached hydrogen (secondary N) is 2. The molecule has 5 heteroatoms. The zero-order valence-electron chi connectivity index (χ0n) is 11.7. The van der Waals surface area contributed by atoms with Crippen LogP contribution in [0.2, 0.25) is 0 Å². The molecule has 0 aromatic carbocycles. The van der Waals surface area contributed by atoms with Crippen LogP contribution in [0.5, 0.6) is 0 Å². The van der Waals surface area contributed by atoms with E-state index in [9.17, 15) is 0 Å². The zero-order chi connectivity index (χ0) is 13.1. The SMILES string of the molecule is Cc1nc(NC(C)C)cc(N2CCNCC2C)n1. The summed E-state index contributed by atoms with van der Waals surface area (Å²) in [5.74, 6) is 2.76. The highest BCUT2D eigenvalue weighted by atomic mass is 15.3. The van der Waals surface area contributed by atoms with Crippen molar-refractivity contribution >= 4 is 11.6 Å². The van der Waals surface area contributed by atoms with Crippen LogP contribution in [-0.2, 0) is 0 Å². The van der Waals surface area contributed by atoms with Crippen LogP contribution in [0.3, 0.4) is 0 Å². The van der Waals surface area contributed by atoms with E-state index in [4.69, 9.17) is 0 Å². The van der Waals surface area contributed by atoms with Crippen LogP contribution < -0.4 is 15.5 Å². The van der Waals surface area contributed by atoms with Gasteiger partial charge in [-0.25, -0.2) is 9.97 Å². The molecular weight excluding hydrogens is 226 g/mol. The molecule has 2 heterocycles. The Morgan fingerprint density at radius 1 is 1.44 bits per heavy atom. The molecule has 100 valence electrons. The fraction of sp³-hybridized carbons (Fsp3) is 0.692. The summed E-state index contributed by atoms with van der Waals surface area (Å²) < 4.78 is 0. The summed E-state index contributed by atoms with van der Waals surface area (Å²) in [6, 6.07) is 2.90. The van der Waals surface area contributed by atoms with Crippen molar-refractivity contribution in [1.82, 2.24) is 15.3 Å². The summed E-state index contributed by atoms with van der Waals surface area (Å²) in [6.07, 6.45) is 0. The van der Waals surface area contributed by atoms with Gasteiger partial charge in [-0.3, -0.25) is 0 Å². The van der Waals surface area contributed by atoms with E-state index in [0.29, 0.717) is 12.1 Å². The van der Waals surface area contributed by atoms with Gasteiger partial charge in [-0.1, -0.05) is 0 Å². The lowest BCUT2D eigenvalue weighted by atomic mass is 10.2. The first-order chi connectivity index (χ1) is 8.56. The number of piperazine rings is 1. The highest BCUT2D eigenvalue weighted by molar-refractivity contribution is 5.50. The topological polar surface area (TPSA) is 53.1 Å². The van der Waals surface area contributed by atoms with Gasteiger partial charge in [-0.05, 0) is 27.7 Å². The minimum atomic E-state index is 0.382. The van der Waals surface area contributed by atoms with Crippen molar-refractivity contribution in [2.24, 2.45) is 0 Å². The van der Waals surface area contributed by atoms with Gasteiger partial charge in [0.25, 0.3) is 0 Å². The van der Waals surface area contributed by atoms with E-state index < -0.39 is 0 Å². The average Bonchev–Trinajstić information content (AvgIpc) is 2.27. The number of hydrogen-bond donors (Lipinski definition) is 2. The molecule has 1 aromatic rings. The summed E-state index contributed by atoms with van der Waals surface area (Å²) in [4.78, 5) is 11.3. The lowest BCUT2D eigenvalue weighted by Gasteiger charge is -2.35. The highest BCUT2D eigenvalue weighted by Gasteiger charge is 2.20. The first kappa shape index (κ1) is 13.1. The highest BCUT2D eigenvalue weighted by Crippen LogP contribution is 2.19. The average molecular weight is 249 g/mol. The van der Waals surface area contributed by atoms with E-state index in [2.05, 4.69) is 52.3 Å². The van der Waals surface area contributed by atoms with Gasteiger partial charge in [0, 0.05) is 37.8 Å². The Balaban J connectivity index is 2.23. The van der Waals surface area contributed by atoms with Crippen molar-refractivity contribution in [3.05, 3.63) is 11.9 Å². The Morgan fingerprint density at radius 3 is 2.89 bits per heavy atom. The van der Waals surface area contributed by atoms with E-state index in [-0.39, 0.29) is 0 Å². The maximum atomic E-state index is 4.56. The Labute approximate surface area is 109 Å². The zero-order valence-corrected chi connectivity index (χ0v) is 11.7. The van der Waals surface area contributed by atoms with Gasteiger partial charge < -0.3 is 15.5 Å². The molecule has 1 fully saturated rings. The smallest absolute Gasteiger partial charge is 0.134 e. The number of aromatic nitrogens is 2. The van der Waals surface area contributed by atoms with E-state index in [0.717, 1.165) is 37.1 Å². The van der Waals surface area contributed by atoms with Gasteiger partial charge in [-0.15, -0.1) is 0 Å². The molecule has 0 saturated carbocycles. The molecule has 1 aliphatic heterocycles. The predicted molar refractivity (Wildman–Crippen MR) is 75.2 cm³/mol. The van der Waals surface area contributed by atoms with E-state index in [1.807, 2.05) is 6.92 Å². The Morgan fingerprint density at radius 2 is 2.22 bits per heavy atom. The Hall–Kier alpha value is -1.36. The summed E-state index contributed by atoms with van der Waals surface area (Å²) in [5, 5.41) is 6.74. The van der Waals surface area contributed by atoms with Crippen molar-refractivity contribution in [2.45, 2.75) is 39.8 Å². The summed E-state index contributed by atoms with van der Waals surface area (Å²) in [6.45, 7) is 11.4. The maximum Gasteiger partial charge on any atom is 0.134 e. The third-order valence-corrected chi connectivity index (χ3v) is 3.06. The van der Waals surface area contributed by atoms with E-state index in [1.165, 1.54) is 0 Å². The van der Waals surface area contributed by atoms with Crippen LogP contribution in [0.15, 0.2) is 6.07 Å². The van der Waals surface area contributed by atoms with Gasteiger partial charge in [0.05, 0.1) is 0 Å². The first-order valence-electron chi connectivity index (χ1n) is 6.66. The van der Waals surface area contributed by atoms with Crippen LogP contribution in [0, 0.1) is 6.92 Å². The second-order valence-corrected chi connectivity index (χ2v) is 5.20. The molecule has 1 saturated heterocycles. The molecule has 2 rings (SSSR count). The largest absolute Gasteiger partial charge is 0.368 e. The van der Waals surface area contributed by atoms with Crippen molar-refractivity contribution in [1.29, 1.82) is 0 Å². The van der Waals surface area contributed by atoms with Crippen molar-refractivity contribution in [3.8, 4) is 0 Å². The number of nitrogens with zero attached hydrogens (tertiary/aromatic N) is 3. The molecule has 0 radical (unpaired) electrons. The maximum absolute atomic E-state index is 4.56. The van der Waals surface area contributed by atoms with Gasteiger partial charge in [-0.2, -0.15) is 0 Å². The quantitative estimate of drug-likeness (QED) is 0.848. The van der Waals surface area contributed by atoms with Crippen LogP contribution in [0.1, 0.15) is 26.6 Å². The van der Waals surface area contributed by atoms with Crippen LogP contribution in [0.25, 0.3) is 0 Å². The molecule has 0 bridgehead atoms. The molecule has 1 aliphatic rings. The number of anilines is 2. The fourth-order valence-corrected chi connectivity index (χ4v) is 2.25. The minimum Gasteiger partial charge on any atom is -0.368 e. The second-order valence-electron chi connectivity index (χ2n) is 5.20. The number of hydrogen-bond acceptors (Lipinski definition) is 5. The summed E-state index contributed by atoms with van der Waals surface area (Å²) >= 11 is 0. The summed E-state index contributed by atoms with van der Waals surface area (Å²) in [7, 11) is 0. The molecule has 0 spiro atoms. The number of aryl methyl sites for hydroxylation is 1. The van der Waals surface area contributed by atoms with E-state index >= 15 is 0 Å². The molecule has 1 atom stereocenters. The van der Waals surface area contributed by atoms with Crippen LogP contribution in [-0.4, -0.2) is 41.7 Å². The Bertz CT molecular complexity index is 404. The van der Waals surface area contributed by atoms with Crippen LogP contribution >= 0.6 is 0 Å². The lowest BCUT2D eigenvalue weighted by molar-refractivity contribution is 0.496. The normalized spacial score (nSPS) is 20.3. The van der Waals surface area contributed by atoms with Gasteiger partial charge >= 0.3 is 0 Å². The summed E-state index contributed by atoms with van der Waals surface area (Å²) in [5.41, 5.74) is 0.